The summed E-state index contributed by atoms with van der Waals surface area (Å²) in [6.07, 6.45) is 12.0. The third-order valence-electron chi connectivity index (χ3n) is 3.98. The summed E-state index contributed by atoms with van der Waals surface area (Å²) >= 11 is 0. The number of carbonyl (C=O) groups excluding carboxylic acids is 1. The van der Waals surface area contributed by atoms with Crippen molar-refractivity contribution in [2.24, 2.45) is 5.92 Å². The number of Topliss-reactive ketones (excluding diaryl/α,β-unsaturated/α-hetero) is 1. The average Bonchev–Trinajstić information content (AvgIpc) is 2.79. The average molecular weight is 254 g/mol. The van der Waals surface area contributed by atoms with E-state index in [2.05, 4.69) is 13.8 Å². The number of hydrogen-bond acceptors (Lipinski definition) is 2. The van der Waals surface area contributed by atoms with E-state index in [1.165, 1.54) is 44.9 Å². The molecule has 1 saturated heterocycles. The van der Waals surface area contributed by atoms with Gasteiger partial charge in [0.1, 0.15) is 6.10 Å². The molecule has 1 rings (SSSR count). The summed E-state index contributed by atoms with van der Waals surface area (Å²) in [6.45, 7) is 5.15. The molecule has 0 aromatic carbocycles. The predicted molar refractivity (Wildman–Crippen MR) is 75.8 cm³/mol. The van der Waals surface area contributed by atoms with Gasteiger partial charge in [0.05, 0.1) is 0 Å². The van der Waals surface area contributed by atoms with E-state index in [-0.39, 0.29) is 6.10 Å². The van der Waals surface area contributed by atoms with Gasteiger partial charge in [0.2, 0.25) is 0 Å². The van der Waals surface area contributed by atoms with Crippen molar-refractivity contribution in [2.45, 2.75) is 84.2 Å². The van der Waals surface area contributed by atoms with E-state index in [9.17, 15) is 4.79 Å². The number of ether oxygens (including phenoxy) is 1. The van der Waals surface area contributed by atoms with E-state index in [4.69, 9.17) is 4.74 Å². The summed E-state index contributed by atoms with van der Waals surface area (Å²) < 4.78 is 5.50. The Morgan fingerprint density at radius 3 is 2.22 bits per heavy atom. The molecule has 0 aromatic heterocycles. The summed E-state index contributed by atoms with van der Waals surface area (Å²) in [5.41, 5.74) is 0. The van der Waals surface area contributed by atoms with E-state index < -0.39 is 0 Å². The highest BCUT2D eigenvalue weighted by atomic mass is 16.5. The molecule has 1 aliphatic rings. The van der Waals surface area contributed by atoms with Crippen molar-refractivity contribution in [1.29, 1.82) is 0 Å². The zero-order valence-electron chi connectivity index (χ0n) is 12.2. The Morgan fingerprint density at radius 1 is 1.06 bits per heavy atom. The highest BCUT2D eigenvalue weighted by Gasteiger charge is 2.29. The maximum Gasteiger partial charge on any atom is 0.161 e. The summed E-state index contributed by atoms with van der Waals surface area (Å²) in [7, 11) is 0. The van der Waals surface area contributed by atoms with Crippen LogP contribution in [0.1, 0.15) is 78.1 Å². The zero-order chi connectivity index (χ0) is 13.2. The molecular weight excluding hydrogens is 224 g/mol. The number of unbranched alkanes of at least 4 members (excludes halogenated alkanes) is 7. The zero-order valence-corrected chi connectivity index (χ0v) is 12.2. The molecule has 106 valence electrons. The van der Waals surface area contributed by atoms with Gasteiger partial charge in [-0.1, -0.05) is 58.8 Å². The van der Waals surface area contributed by atoms with Gasteiger partial charge < -0.3 is 4.74 Å². The molecular formula is C16H30O2. The highest BCUT2D eigenvalue weighted by Crippen LogP contribution is 2.22. The molecule has 1 aliphatic heterocycles. The van der Waals surface area contributed by atoms with Crippen LogP contribution in [0.15, 0.2) is 0 Å². The molecule has 0 aliphatic carbocycles. The van der Waals surface area contributed by atoms with Gasteiger partial charge in [-0.15, -0.1) is 0 Å². The first-order valence-electron chi connectivity index (χ1n) is 7.90. The van der Waals surface area contributed by atoms with Gasteiger partial charge in [-0.2, -0.15) is 0 Å². The van der Waals surface area contributed by atoms with Crippen LogP contribution in [-0.4, -0.2) is 18.5 Å². The number of ketones is 1. The minimum atomic E-state index is -0.0884. The van der Waals surface area contributed by atoms with Gasteiger partial charge >= 0.3 is 0 Å². The van der Waals surface area contributed by atoms with E-state index in [0.29, 0.717) is 11.7 Å². The van der Waals surface area contributed by atoms with Crippen molar-refractivity contribution in [3.05, 3.63) is 0 Å². The van der Waals surface area contributed by atoms with Gasteiger partial charge in [-0.25, -0.2) is 0 Å². The second-order valence-electron chi connectivity index (χ2n) is 5.75. The molecule has 0 N–H and O–H groups in total. The SMILES string of the molecule is CCCCCCCCCCC(=O)C1OCCC1C. The van der Waals surface area contributed by atoms with Crippen molar-refractivity contribution in [1.82, 2.24) is 0 Å². The van der Waals surface area contributed by atoms with Gasteiger partial charge in [0, 0.05) is 13.0 Å². The smallest absolute Gasteiger partial charge is 0.161 e. The molecule has 2 nitrogen and oxygen atoms in total. The fourth-order valence-electron chi connectivity index (χ4n) is 2.68. The largest absolute Gasteiger partial charge is 0.370 e. The fourth-order valence-corrected chi connectivity index (χ4v) is 2.68. The Morgan fingerprint density at radius 2 is 1.67 bits per heavy atom. The molecule has 18 heavy (non-hydrogen) atoms. The van der Waals surface area contributed by atoms with E-state index in [1.54, 1.807) is 0 Å². The Hall–Kier alpha value is -0.370. The quantitative estimate of drug-likeness (QED) is 0.536. The first-order chi connectivity index (χ1) is 8.75. The minimum Gasteiger partial charge on any atom is -0.370 e. The molecule has 0 saturated carbocycles. The van der Waals surface area contributed by atoms with Crippen LogP contribution in [0, 0.1) is 5.92 Å². The lowest BCUT2D eigenvalue weighted by Crippen LogP contribution is -2.24. The standard InChI is InChI=1S/C16H30O2/c1-3-4-5-6-7-8-9-10-11-15(17)16-14(2)12-13-18-16/h14,16H,3-13H2,1-2H3. The Balaban J connectivity index is 1.92. The van der Waals surface area contributed by atoms with Crippen molar-refractivity contribution in [2.75, 3.05) is 6.61 Å². The molecule has 0 spiro atoms. The summed E-state index contributed by atoms with van der Waals surface area (Å²) in [5.74, 6) is 0.775. The van der Waals surface area contributed by atoms with Crippen LogP contribution >= 0.6 is 0 Å². The molecule has 1 fully saturated rings. The van der Waals surface area contributed by atoms with E-state index >= 15 is 0 Å². The van der Waals surface area contributed by atoms with Crippen molar-refractivity contribution >= 4 is 5.78 Å². The molecule has 1 heterocycles. The third-order valence-corrected chi connectivity index (χ3v) is 3.98. The lowest BCUT2D eigenvalue weighted by atomic mass is 9.97. The lowest BCUT2D eigenvalue weighted by Gasteiger charge is -2.12. The number of carbonyl (C=O) groups is 1. The molecule has 2 heteroatoms. The van der Waals surface area contributed by atoms with E-state index in [1.807, 2.05) is 0 Å². The van der Waals surface area contributed by atoms with Crippen molar-refractivity contribution < 1.29 is 9.53 Å². The first kappa shape index (κ1) is 15.7. The maximum atomic E-state index is 11.9. The maximum absolute atomic E-state index is 11.9. The Bertz CT molecular complexity index is 225. The molecule has 2 unspecified atom stereocenters. The van der Waals surface area contributed by atoms with Crippen LogP contribution in [-0.2, 0) is 9.53 Å². The molecule has 0 aromatic rings. The summed E-state index contributed by atoms with van der Waals surface area (Å²) in [5, 5.41) is 0. The lowest BCUT2D eigenvalue weighted by molar-refractivity contribution is -0.129. The third kappa shape index (κ3) is 5.99. The molecule has 0 bridgehead atoms. The first-order valence-corrected chi connectivity index (χ1v) is 7.90. The molecule has 2 atom stereocenters. The van der Waals surface area contributed by atoms with Gasteiger partial charge in [0.25, 0.3) is 0 Å². The normalized spacial score (nSPS) is 23.4. The fraction of sp³-hybridized carbons (Fsp3) is 0.938. The predicted octanol–water partition coefficient (Wildman–Crippen LogP) is 4.51. The van der Waals surface area contributed by atoms with Crippen LogP contribution in [0.3, 0.4) is 0 Å². The minimum absolute atomic E-state index is 0.0884. The second kappa shape index (κ2) is 9.55. The van der Waals surface area contributed by atoms with Crippen LogP contribution in [0.25, 0.3) is 0 Å². The summed E-state index contributed by atoms with van der Waals surface area (Å²) in [6, 6.07) is 0. The Kier molecular flexibility index (Phi) is 8.32. The van der Waals surface area contributed by atoms with Crippen LogP contribution in [0.2, 0.25) is 0 Å². The van der Waals surface area contributed by atoms with Crippen LogP contribution in [0.4, 0.5) is 0 Å². The number of hydrogen-bond donors (Lipinski definition) is 0. The van der Waals surface area contributed by atoms with Crippen molar-refractivity contribution in [3.8, 4) is 0 Å². The number of rotatable bonds is 10. The van der Waals surface area contributed by atoms with Gasteiger partial charge in [-0.3, -0.25) is 4.79 Å². The van der Waals surface area contributed by atoms with Gasteiger partial charge in [-0.05, 0) is 18.8 Å². The molecule has 0 amide bonds. The second-order valence-corrected chi connectivity index (χ2v) is 5.75. The van der Waals surface area contributed by atoms with Crippen molar-refractivity contribution in [3.63, 3.8) is 0 Å². The van der Waals surface area contributed by atoms with E-state index in [0.717, 1.165) is 25.9 Å². The van der Waals surface area contributed by atoms with Crippen LogP contribution in [0.5, 0.6) is 0 Å². The highest BCUT2D eigenvalue weighted by molar-refractivity contribution is 5.83. The monoisotopic (exact) mass is 254 g/mol. The Labute approximate surface area is 112 Å². The van der Waals surface area contributed by atoms with Gasteiger partial charge in [0.15, 0.2) is 5.78 Å². The summed E-state index contributed by atoms with van der Waals surface area (Å²) in [4.78, 5) is 11.9. The van der Waals surface area contributed by atoms with Crippen LogP contribution < -0.4 is 0 Å². The topological polar surface area (TPSA) is 26.3 Å². The molecule has 0 radical (unpaired) electrons.